The van der Waals surface area contributed by atoms with E-state index >= 15 is 0 Å². The van der Waals surface area contributed by atoms with Gasteiger partial charge in [0, 0.05) is 30.5 Å². The number of piperidine rings is 1. The van der Waals surface area contributed by atoms with E-state index in [4.69, 9.17) is 4.74 Å². The lowest BCUT2D eigenvalue weighted by molar-refractivity contribution is -0.115. The normalized spacial score (nSPS) is 16.9. The molecule has 7 nitrogen and oxygen atoms in total. The summed E-state index contributed by atoms with van der Waals surface area (Å²) in [6, 6.07) is 5.17. The van der Waals surface area contributed by atoms with Crippen LogP contribution in [-0.4, -0.2) is 48.0 Å². The molecule has 1 atom stereocenters. The summed E-state index contributed by atoms with van der Waals surface area (Å²) in [6.07, 6.45) is 1.82. The first-order chi connectivity index (χ1) is 13.6. The molecule has 1 aromatic rings. The average molecular weight is 468 g/mol. The van der Waals surface area contributed by atoms with Gasteiger partial charge < -0.3 is 20.3 Å². The number of carbonyl (C=O) groups is 3. The molecule has 1 saturated heterocycles. The number of halogens is 1. The monoisotopic (exact) mass is 467 g/mol. The zero-order chi connectivity index (χ0) is 21.6. The second-order valence-electron chi connectivity index (χ2n) is 8.24. The molecule has 1 aliphatic heterocycles. The van der Waals surface area contributed by atoms with Crippen molar-refractivity contribution in [3.63, 3.8) is 0 Å². The summed E-state index contributed by atoms with van der Waals surface area (Å²) in [5.41, 5.74) is 0.357. The van der Waals surface area contributed by atoms with Gasteiger partial charge in [-0.1, -0.05) is 22.9 Å². The van der Waals surface area contributed by atoms with Crippen LogP contribution in [0.1, 0.15) is 57.3 Å². The smallest absolute Gasteiger partial charge is 0.410 e. The minimum absolute atomic E-state index is 0.151. The lowest BCUT2D eigenvalue weighted by Crippen LogP contribution is -2.45. The number of benzene rings is 1. The Kier molecular flexibility index (Phi) is 8.07. The van der Waals surface area contributed by atoms with Crippen molar-refractivity contribution in [1.82, 2.24) is 10.2 Å². The molecule has 2 N–H and O–H groups in total. The number of rotatable bonds is 5. The predicted molar refractivity (Wildman–Crippen MR) is 116 cm³/mol. The van der Waals surface area contributed by atoms with Crippen LogP contribution in [0.25, 0.3) is 0 Å². The van der Waals surface area contributed by atoms with Crippen LogP contribution in [0.5, 0.6) is 0 Å². The van der Waals surface area contributed by atoms with Crippen LogP contribution >= 0.6 is 15.9 Å². The first-order valence-electron chi connectivity index (χ1n) is 9.94. The SMILES string of the molecule is CCC(=O)Nc1ccc(Br)cc1C(=O)NC[C@H]1CCCN(C(=O)OC(C)(C)C)C1. The Balaban J connectivity index is 1.97. The van der Waals surface area contributed by atoms with Crippen LogP contribution in [0.4, 0.5) is 10.5 Å². The zero-order valence-corrected chi connectivity index (χ0v) is 19.1. The fourth-order valence-corrected chi connectivity index (χ4v) is 3.47. The molecule has 29 heavy (non-hydrogen) atoms. The quantitative estimate of drug-likeness (QED) is 0.679. The molecule has 160 valence electrons. The first-order valence-corrected chi connectivity index (χ1v) is 10.7. The Labute approximate surface area is 180 Å². The van der Waals surface area contributed by atoms with E-state index in [0.29, 0.717) is 37.3 Å². The maximum Gasteiger partial charge on any atom is 0.410 e. The Bertz CT molecular complexity index is 761. The molecular formula is C21H30BrN3O4. The van der Waals surface area contributed by atoms with E-state index in [1.54, 1.807) is 30.0 Å². The fraction of sp³-hybridized carbons (Fsp3) is 0.571. The van der Waals surface area contributed by atoms with Crippen molar-refractivity contribution >= 4 is 39.5 Å². The number of nitrogens with zero attached hydrogens (tertiary/aromatic N) is 1. The van der Waals surface area contributed by atoms with E-state index < -0.39 is 5.60 Å². The molecule has 2 rings (SSSR count). The molecule has 1 aromatic carbocycles. The van der Waals surface area contributed by atoms with Gasteiger partial charge in [0.25, 0.3) is 5.91 Å². The van der Waals surface area contributed by atoms with Crippen LogP contribution in [0.2, 0.25) is 0 Å². The number of anilines is 1. The van der Waals surface area contributed by atoms with Crippen molar-refractivity contribution in [1.29, 1.82) is 0 Å². The van der Waals surface area contributed by atoms with E-state index in [-0.39, 0.29) is 23.8 Å². The first kappa shape index (κ1) is 23.2. The summed E-state index contributed by atoms with van der Waals surface area (Å²) in [5, 5.41) is 5.71. The largest absolute Gasteiger partial charge is 0.444 e. The number of hydrogen-bond acceptors (Lipinski definition) is 4. The van der Waals surface area contributed by atoms with Crippen molar-refractivity contribution in [2.24, 2.45) is 5.92 Å². The Morgan fingerprint density at radius 2 is 2.00 bits per heavy atom. The summed E-state index contributed by atoms with van der Waals surface area (Å²) < 4.78 is 6.21. The number of nitrogens with one attached hydrogen (secondary N) is 2. The molecule has 1 heterocycles. The maximum atomic E-state index is 12.7. The summed E-state index contributed by atoms with van der Waals surface area (Å²) in [6.45, 7) is 8.96. The highest BCUT2D eigenvalue weighted by Gasteiger charge is 2.28. The molecule has 3 amide bonds. The van der Waals surface area contributed by atoms with Gasteiger partial charge in [-0.2, -0.15) is 0 Å². The predicted octanol–water partition coefficient (Wildman–Crippen LogP) is 4.17. The zero-order valence-electron chi connectivity index (χ0n) is 17.5. The third kappa shape index (κ3) is 7.34. The molecule has 1 aliphatic rings. The Hall–Kier alpha value is -2.09. The number of amides is 3. The highest BCUT2D eigenvalue weighted by atomic mass is 79.9. The molecule has 0 aliphatic carbocycles. The minimum Gasteiger partial charge on any atom is -0.444 e. The minimum atomic E-state index is -0.530. The lowest BCUT2D eigenvalue weighted by Gasteiger charge is -2.34. The van der Waals surface area contributed by atoms with E-state index in [1.165, 1.54) is 0 Å². The number of hydrogen-bond donors (Lipinski definition) is 2. The van der Waals surface area contributed by atoms with Gasteiger partial charge >= 0.3 is 6.09 Å². The van der Waals surface area contributed by atoms with Gasteiger partial charge in [0.15, 0.2) is 0 Å². The Morgan fingerprint density at radius 3 is 2.66 bits per heavy atom. The van der Waals surface area contributed by atoms with Gasteiger partial charge in [0.05, 0.1) is 11.3 Å². The van der Waals surface area contributed by atoms with Crippen LogP contribution < -0.4 is 10.6 Å². The van der Waals surface area contributed by atoms with Crippen LogP contribution in [0.15, 0.2) is 22.7 Å². The second kappa shape index (κ2) is 10.1. The molecule has 0 radical (unpaired) electrons. The highest BCUT2D eigenvalue weighted by Crippen LogP contribution is 2.22. The summed E-state index contributed by atoms with van der Waals surface area (Å²) >= 11 is 3.37. The van der Waals surface area contributed by atoms with Crippen LogP contribution in [0.3, 0.4) is 0 Å². The third-order valence-corrected chi connectivity index (χ3v) is 5.04. The molecule has 0 bridgehead atoms. The molecular weight excluding hydrogens is 438 g/mol. The van der Waals surface area contributed by atoms with Crippen LogP contribution in [-0.2, 0) is 9.53 Å². The van der Waals surface area contributed by atoms with Crippen molar-refractivity contribution in [3.8, 4) is 0 Å². The lowest BCUT2D eigenvalue weighted by atomic mass is 9.98. The van der Waals surface area contributed by atoms with E-state index in [2.05, 4.69) is 26.6 Å². The topological polar surface area (TPSA) is 87.7 Å². The molecule has 0 aromatic heterocycles. The van der Waals surface area contributed by atoms with E-state index in [1.807, 2.05) is 20.8 Å². The second-order valence-corrected chi connectivity index (χ2v) is 9.15. The average Bonchev–Trinajstić information content (AvgIpc) is 2.66. The van der Waals surface area contributed by atoms with Gasteiger partial charge in [-0.05, 0) is 57.7 Å². The number of ether oxygens (including phenoxy) is 1. The Morgan fingerprint density at radius 1 is 1.28 bits per heavy atom. The van der Waals surface area contributed by atoms with Gasteiger partial charge in [0.1, 0.15) is 5.60 Å². The molecule has 0 unspecified atom stereocenters. The van der Waals surface area contributed by atoms with Crippen molar-refractivity contribution in [2.75, 3.05) is 25.0 Å². The van der Waals surface area contributed by atoms with Gasteiger partial charge in [-0.25, -0.2) is 4.79 Å². The van der Waals surface area contributed by atoms with Crippen LogP contribution in [0, 0.1) is 5.92 Å². The highest BCUT2D eigenvalue weighted by molar-refractivity contribution is 9.10. The van der Waals surface area contributed by atoms with E-state index in [0.717, 1.165) is 17.3 Å². The van der Waals surface area contributed by atoms with Crippen molar-refractivity contribution < 1.29 is 19.1 Å². The summed E-state index contributed by atoms with van der Waals surface area (Å²) in [7, 11) is 0. The van der Waals surface area contributed by atoms with Gasteiger partial charge in [-0.3, -0.25) is 9.59 Å². The van der Waals surface area contributed by atoms with Crippen molar-refractivity contribution in [3.05, 3.63) is 28.2 Å². The molecule has 0 spiro atoms. The van der Waals surface area contributed by atoms with Crippen molar-refractivity contribution in [2.45, 2.75) is 52.6 Å². The third-order valence-electron chi connectivity index (χ3n) is 4.54. The molecule has 0 saturated carbocycles. The fourth-order valence-electron chi connectivity index (χ4n) is 3.11. The number of likely N-dealkylation sites (tertiary alicyclic amines) is 1. The molecule has 8 heteroatoms. The summed E-state index contributed by atoms with van der Waals surface area (Å²) in [4.78, 5) is 38.5. The number of carbonyl (C=O) groups excluding carboxylic acids is 3. The van der Waals surface area contributed by atoms with Gasteiger partial charge in [-0.15, -0.1) is 0 Å². The molecule has 1 fully saturated rings. The standard InChI is InChI=1S/C21H30BrN3O4/c1-5-18(26)24-17-9-8-15(22)11-16(17)19(27)23-12-14-7-6-10-25(13-14)20(28)29-21(2,3)4/h8-9,11,14H,5-7,10,12-13H2,1-4H3,(H,23,27)(H,24,26)/t14-/m1/s1. The maximum absolute atomic E-state index is 12.7. The summed E-state index contributed by atoms with van der Waals surface area (Å²) in [5.74, 6) is -0.255. The van der Waals surface area contributed by atoms with Gasteiger partial charge in [0.2, 0.25) is 5.91 Å². The van der Waals surface area contributed by atoms with E-state index in [9.17, 15) is 14.4 Å².